The molecular formula is C19H20N4O2S2. The molecule has 3 aromatic heterocycles. The molecule has 0 fully saturated rings. The summed E-state index contributed by atoms with van der Waals surface area (Å²) in [7, 11) is 5.67. The molecule has 0 radical (unpaired) electrons. The highest BCUT2D eigenvalue weighted by atomic mass is 32.1. The van der Waals surface area contributed by atoms with Gasteiger partial charge >= 0.3 is 0 Å². The van der Waals surface area contributed by atoms with Crippen molar-refractivity contribution >= 4 is 43.9 Å². The Kier molecular flexibility index (Phi) is 4.86. The summed E-state index contributed by atoms with van der Waals surface area (Å²) in [6.45, 7) is 0.523. The number of thiazole rings is 1. The van der Waals surface area contributed by atoms with E-state index in [1.54, 1.807) is 18.4 Å². The van der Waals surface area contributed by atoms with Crippen LogP contribution in [0.3, 0.4) is 0 Å². The van der Waals surface area contributed by atoms with Crippen LogP contribution in [0.15, 0.2) is 41.9 Å². The van der Waals surface area contributed by atoms with Gasteiger partial charge in [-0.05, 0) is 37.9 Å². The van der Waals surface area contributed by atoms with Crippen LogP contribution in [0.25, 0.3) is 15.3 Å². The van der Waals surface area contributed by atoms with Crippen molar-refractivity contribution in [3.8, 4) is 5.75 Å². The van der Waals surface area contributed by atoms with Gasteiger partial charge in [0.15, 0.2) is 4.96 Å². The van der Waals surface area contributed by atoms with Crippen molar-refractivity contribution in [2.24, 2.45) is 0 Å². The molecule has 1 aromatic carbocycles. The fourth-order valence-corrected chi connectivity index (χ4v) is 4.78. The molecule has 0 aliphatic rings. The molecule has 3 heterocycles. The normalized spacial score (nSPS) is 12.7. The maximum Gasteiger partial charge on any atom is 0.261 e. The average Bonchev–Trinajstić information content (AvgIpc) is 3.34. The molecule has 27 heavy (non-hydrogen) atoms. The highest BCUT2D eigenvalue weighted by Gasteiger charge is 2.18. The Labute approximate surface area is 165 Å². The van der Waals surface area contributed by atoms with E-state index in [0.29, 0.717) is 11.4 Å². The second-order valence-electron chi connectivity index (χ2n) is 6.43. The predicted molar refractivity (Wildman–Crippen MR) is 110 cm³/mol. The average molecular weight is 401 g/mol. The molecule has 6 nitrogen and oxygen atoms in total. The lowest BCUT2D eigenvalue weighted by Gasteiger charge is -2.25. The van der Waals surface area contributed by atoms with Gasteiger partial charge in [0, 0.05) is 18.1 Å². The summed E-state index contributed by atoms with van der Waals surface area (Å²) in [4.78, 5) is 21.9. The highest BCUT2D eigenvalue weighted by molar-refractivity contribution is 7.21. The largest absolute Gasteiger partial charge is 0.497 e. The molecule has 1 N–H and O–H groups in total. The van der Waals surface area contributed by atoms with Crippen molar-refractivity contribution in [2.45, 2.75) is 6.04 Å². The van der Waals surface area contributed by atoms with Crippen LogP contribution in [0.2, 0.25) is 0 Å². The highest BCUT2D eigenvalue weighted by Crippen LogP contribution is 2.28. The zero-order valence-electron chi connectivity index (χ0n) is 15.3. The molecule has 1 unspecified atom stereocenters. The summed E-state index contributed by atoms with van der Waals surface area (Å²) in [6.07, 6.45) is 1.98. The number of carbonyl (C=O) groups excluding carboxylic acids is 1. The number of methoxy groups -OCH3 is 1. The van der Waals surface area contributed by atoms with Gasteiger partial charge in [0.25, 0.3) is 5.91 Å². The van der Waals surface area contributed by atoms with Gasteiger partial charge in [-0.25, -0.2) is 4.98 Å². The number of hydrogen-bond donors (Lipinski definition) is 1. The molecule has 0 spiro atoms. The SMILES string of the molecule is COc1ccc(C(CNC(=O)c2cc3c(nc4sccn43)s2)N(C)C)cc1. The Morgan fingerprint density at radius 3 is 2.81 bits per heavy atom. The summed E-state index contributed by atoms with van der Waals surface area (Å²) in [5.74, 6) is 0.754. The van der Waals surface area contributed by atoms with Gasteiger partial charge < -0.3 is 15.0 Å². The van der Waals surface area contributed by atoms with Gasteiger partial charge in [0.1, 0.15) is 10.6 Å². The van der Waals surface area contributed by atoms with Crippen LogP contribution in [-0.4, -0.2) is 47.9 Å². The first kappa shape index (κ1) is 18.0. The van der Waals surface area contributed by atoms with E-state index in [2.05, 4.69) is 15.2 Å². The topological polar surface area (TPSA) is 58.9 Å². The third-order valence-corrected chi connectivity index (χ3v) is 6.32. The zero-order chi connectivity index (χ0) is 19.0. The molecule has 4 aromatic rings. The lowest BCUT2D eigenvalue weighted by Crippen LogP contribution is -2.34. The first-order valence-electron chi connectivity index (χ1n) is 8.50. The maximum atomic E-state index is 12.7. The van der Waals surface area contributed by atoms with E-state index in [1.165, 1.54) is 11.3 Å². The smallest absolute Gasteiger partial charge is 0.261 e. The van der Waals surface area contributed by atoms with Crippen molar-refractivity contribution in [1.29, 1.82) is 0 Å². The minimum Gasteiger partial charge on any atom is -0.497 e. The van der Waals surface area contributed by atoms with E-state index in [-0.39, 0.29) is 11.9 Å². The van der Waals surface area contributed by atoms with Crippen LogP contribution in [0.5, 0.6) is 5.75 Å². The number of aromatic nitrogens is 2. The molecular weight excluding hydrogens is 380 g/mol. The third-order valence-electron chi connectivity index (χ3n) is 4.54. The molecule has 0 aliphatic heterocycles. The molecule has 0 saturated carbocycles. The van der Waals surface area contributed by atoms with Crippen LogP contribution in [0, 0.1) is 0 Å². The summed E-state index contributed by atoms with van der Waals surface area (Å²) >= 11 is 3.02. The van der Waals surface area contributed by atoms with Crippen molar-refractivity contribution < 1.29 is 9.53 Å². The van der Waals surface area contributed by atoms with Crippen molar-refractivity contribution in [2.75, 3.05) is 27.7 Å². The number of nitrogens with zero attached hydrogens (tertiary/aromatic N) is 3. The minimum absolute atomic E-state index is 0.0673. The number of carbonyl (C=O) groups is 1. The number of hydrogen-bond acceptors (Lipinski definition) is 6. The summed E-state index contributed by atoms with van der Waals surface area (Å²) < 4.78 is 7.24. The Morgan fingerprint density at radius 2 is 2.11 bits per heavy atom. The molecule has 140 valence electrons. The molecule has 1 atom stereocenters. The first-order valence-corrected chi connectivity index (χ1v) is 10.2. The molecule has 4 rings (SSSR count). The lowest BCUT2D eigenvalue weighted by atomic mass is 10.1. The molecule has 0 bridgehead atoms. The molecule has 8 heteroatoms. The monoisotopic (exact) mass is 400 g/mol. The van der Waals surface area contributed by atoms with E-state index >= 15 is 0 Å². The number of likely N-dealkylation sites (N-methyl/N-ethyl adjacent to an activating group) is 1. The number of imidazole rings is 1. The molecule has 0 aliphatic carbocycles. The molecule has 1 amide bonds. The second-order valence-corrected chi connectivity index (χ2v) is 8.33. The quantitative estimate of drug-likeness (QED) is 0.537. The van der Waals surface area contributed by atoms with Crippen LogP contribution >= 0.6 is 22.7 Å². The summed E-state index contributed by atoms with van der Waals surface area (Å²) in [5, 5.41) is 5.06. The number of rotatable bonds is 6. The fraction of sp³-hybridized carbons (Fsp3) is 0.263. The number of thiophene rings is 1. The summed E-state index contributed by atoms with van der Waals surface area (Å²) in [6, 6.07) is 9.93. The zero-order valence-corrected chi connectivity index (χ0v) is 16.9. The lowest BCUT2D eigenvalue weighted by molar-refractivity contribution is 0.0946. The number of amides is 1. The number of benzene rings is 1. The number of nitrogens with one attached hydrogen (secondary N) is 1. The van der Waals surface area contributed by atoms with Gasteiger partial charge in [-0.15, -0.1) is 22.7 Å². The summed E-state index contributed by atoms with van der Waals surface area (Å²) in [5.41, 5.74) is 2.11. The number of fused-ring (bicyclic) bond motifs is 3. The van der Waals surface area contributed by atoms with Crippen LogP contribution in [0.4, 0.5) is 0 Å². The van der Waals surface area contributed by atoms with E-state index in [9.17, 15) is 4.79 Å². The van der Waals surface area contributed by atoms with Crippen LogP contribution < -0.4 is 10.1 Å². The number of ether oxygens (including phenoxy) is 1. The van der Waals surface area contributed by atoms with Crippen molar-refractivity contribution in [3.63, 3.8) is 0 Å². The maximum absolute atomic E-state index is 12.7. The van der Waals surface area contributed by atoms with Crippen molar-refractivity contribution in [3.05, 3.63) is 52.3 Å². The van der Waals surface area contributed by atoms with E-state index in [0.717, 1.165) is 26.6 Å². The van der Waals surface area contributed by atoms with Crippen LogP contribution in [-0.2, 0) is 0 Å². The van der Waals surface area contributed by atoms with E-state index in [1.807, 2.05) is 60.4 Å². The predicted octanol–water partition coefficient (Wildman–Crippen LogP) is 3.65. The van der Waals surface area contributed by atoms with Gasteiger partial charge in [0.05, 0.1) is 23.5 Å². The second kappa shape index (κ2) is 7.30. The Balaban J connectivity index is 1.49. The van der Waals surface area contributed by atoms with E-state index < -0.39 is 0 Å². The third kappa shape index (κ3) is 3.43. The first-order chi connectivity index (χ1) is 13.1. The van der Waals surface area contributed by atoms with Gasteiger partial charge in [-0.1, -0.05) is 12.1 Å². The van der Waals surface area contributed by atoms with Crippen LogP contribution in [0.1, 0.15) is 21.3 Å². The van der Waals surface area contributed by atoms with Gasteiger partial charge in [-0.3, -0.25) is 9.20 Å². The van der Waals surface area contributed by atoms with Gasteiger partial charge in [0.2, 0.25) is 0 Å². The fourth-order valence-electron chi connectivity index (χ4n) is 3.06. The standard InChI is InChI=1S/C19H20N4O2S2/c1-22(2)15(12-4-6-13(25-3)7-5-12)11-20-17(24)16-10-14-18(27-16)21-19-23(14)8-9-26-19/h4-10,15H,11H2,1-3H3,(H,20,24). The Morgan fingerprint density at radius 1 is 1.33 bits per heavy atom. The van der Waals surface area contributed by atoms with Crippen molar-refractivity contribution in [1.82, 2.24) is 19.6 Å². The Bertz CT molecular complexity index is 1080. The van der Waals surface area contributed by atoms with Gasteiger partial charge in [-0.2, -0.15) is 0 Å². The molecule has 0 saturated heterocycles. The van der Waals surface area contributed by atoms with E-state index in [4.69, 9.17) is 4.74 Å². The Hall–Kier alpha value is -2.42. The minimum atomic E-state index is -0.0673.